The Morgan fingerprint density at radius 3 is 2.40 bits per heavy atom. The van der Waals surface area contributed by atoms with Crippen LogP contribution in [0.1, 0.15) is 113 Å². The van der Waals surface area contributed by atoms with Gasteiger partial charge in [0.05, 0.1) is 18.2 Å². The Labute approximate surface area is 268 Å². The summed E-state index contributed by atoms with van der Waals surface area (Å²) in [5.74, 6) is 3.47. The Balaban J connectivity index is 1.30. The molecule has 0 amide bonds. The molecule has 0 aliphatic heterocycles. The number of fused-ring (bicyclic) bond motifs is 7. The van der Waals surface area contributed by atoms with Gasteiger partial charge in [-0.25, -0.2) is 0 Å². The standard InChI is InChI=1S/C37H55BrN2O3/c1-22(2)24-13-18-37(32(41)42)20-19-35(6)25(31(24)37)10-12-29-34(5)16-15-30(33(3,4)28(34)14-17-36(29,35)7)40-39-26-11-9-23(38)21-27(26)43-8/h9,11,21-22,24-25,28-29,31,39H,10,12-20H2,1-8H3,(H,41,42)/b40-30+/t24-,25?,28-,29+,31+,34-,35+,36+,37?/m0/s1. The van der Waals surface area contributed by atoms with Gasteiger partial charge in [0.2, 0.25) is 0 Å². The highest BCUT2D eigenvalue weighted by Gasteiger charge is 2.72. The molecule has 1 aromatic rings. The van der Waals surface area contributed by atoms with Crippen LogP contribution >= 0.6 is 15.9 Å². The van der Waals surface area contributed by atoms with E-state index in [0.717, 1.165) is 48.0 Å². The lowest BCUT2D eigenvalue weighted by Crippen LogP contribution is -2.66. The summed E-state index contributed by atoms with van der Waals surface area (Å²) in [7, 11) is 1.70. The van der Waals surface area contributed by atoms with Crippen molar-refractivity contribution in [3.05, 3.63) is 22.7 Å². The molecule has 5 fully saturated rings. The average Bonchev–Trinajstić information content (AvgIpc) is 3.35. The summed E-state index contributed by atoms with van der Waals surface area (Å²) in [6.45, 7) is 17.5. The van der Waals surface area contributed by atoms with Crippen molar-refractivity contribution < 1.29 is 14.6 Å². The number of methoxy groups -OCH3 is 1. The quantitative estimate of drug-likeness (QED) is 0.310. The fraction of sp³-hybridized carbons (Fsp3) is 0.784. The number of ether oxygens (including phenoxy) is 1. The van der Waals surface area contributed by atoms with Gasteiger partial charge in [-0.2, -0.15) is 5.10 Å². The topological polar surface area (TPSA) is 70.9 Å². The Morgan fingerprint density at radius 1 is 0.977 bits per heavy atom. The summed E-state index contributed by atoms with van der Waals surface area (Å²) in [5.41, 5.74) is 5.75. The summed E-state index contributed by atoms with van der Waals surface area (Å²) in [5, 5.41) is 15.7. The smallest absolute Gasteiger partial charge is 0.309 e. The zero-order chi connectivity index (χ0) is 31.2. The van der Waals surface area contributed by atoms with Crippen molar-refractivity contribution in [1.82, 2.24) is 0 Å². The monoisotopic (exact) mass is 654 g/mol. The molecule has 43 heavy (non-hydrogen) atoms. The van der Waals surface area contributed by atoms with E-state index in [4.69, 9.17) is 9.84 Å². The highest BCUT2D eigenvalue weighted by Crippen LogP contribution is 2.77. The summed E-state index contributed by atoms with van der Waals surface area (Å²) in [6, 6.07) is 6.02. The number of anilines is 1. The molecule has 0 radical (unpaired) electrons. The van der Waals surface area contributed by atoms with E-state index in [-0.39, 0.29) is 21.7 Å². The first-order chi connectivity index (χ1) is 20.2. The lowest BCUT2D eigenvalue weighted by atomic mass is 9.32. The van der Waals surface area contributed by atoms with E-state index >= 15 is 0 Å². The van der Waals surface area contributed by atoms with Crippen LogP contribution in [-0.2, 0) is 4.79 Å². The van der Waals surface area contributed by atoms with Crippen molar-refractivity contribution in [2.24, 2.45) is 67.7 Å². The molecule has 238 valence electrons. The number of carboxylic acids is 1. The van der Waals surface area contributed by atoms with Gasteiger partial charge in [0, 0.05) is 15.6 Å². The number of hydrogen-bond acceptors (Lipinski definition) is 4. The van der Waals surface area contributed by atoms with Crippen LogP contribution < -0.4 is 10.2 Å². The number of carboxylic acid groups (broad SMARTS) is 1. The molecule has 5 aliphatic carbocycles. The van der Waals surface area contributed by atoms with Crippen LogP contribution in [0.5, 0.6) is 5.75 Å². The van der Waals surface area contributed by atoms with Crippen LogP contribution in [0.4, 0.5) is 5.69 Å². The van der Waals surface area contributed by atoms with Crippen molar-refractivity contribution in [3.8, 4) is 5.75 Å². The Hall–Kier alpha value is -1.56. The van der Waals surface area contributed by atoms with Crippen molar-refractivity contribution in [2.75, 3.05) is 12.5 Å². The molecule has 2 unspecified atom stereocenters. The van der Waals surface area contributed by atoms with Gasteiger partial charge >= 0.3 is 5.97 Å². The Morgan fingerprint density at radius 2 is 1.72 bits per heavy atom. The van der Waals surface area contributed by atoms with Gasteiger partial charge in [0.1, 0.15) is 5.75 Å². The van der Waals surface area contributed by atoms with Crippen LogP contribution in [0, 0.1) is 62.6 Å². The van der Waals surface area contributed by atoms with Crippen LogP contribution in [-0.4, -0.2) is 23.9 Å². The molecule has 0 spiro atoms. The predicted molar refractivity (Wildman–Crippen MR) is 178 cm³/mol. The molecule has 0 heterocycles. The number of carbonyl (C=O) groups is 1. The van der Waals surface area contributed by atoms with E-state index in [2.05, 4.69) is 69.8 Å². The number of halogens is 1. The van der Waals surface area contributed by atoms with E-state index in [9.17, 15) is 9.90 Å². The van der Waals surface area contributed by atoms with Gasteiger partial charge in [-0.1, -0.05) is 64.4 Å². The van der Waals surface area contributed by atoms with E-state index in [1.165, 1.54) is 37.8 Å². The predicted octanol–water partition coefficient (Wildman–Crippen LogP) is 10.0. The molecule has 2 N–H and O–H groups in total. The summed E-state index contributed by atoms with van der Waals surface area (Å²) in [6.07, 6.45) is 11.0. The van der Waals surface area contributed by atoms with E-state index in [1.807, 2.05) is 18.2 Å². The molecule has 5 saturated carbocycles. The Kier molecular flexibility index (Phi) is 7.67. The maximum Gasteiger partial charge on any atom is 0.309 e. The number of aliphatic carboxylic acids is 1. The van der Waals surface area contributed by atoms with Gasteiger partial charge < -0.3 is 9.84 Å². The van der Waals surface area contributed by atoms with Crippen LogP contribution in [0.15, 0.2) is 27.8 Å². The number of nitrogens with zero attached hydrogens (tertiary/aromatic N) is 1. The van der Waals surface area contributed by atoms with Gasteiger partial charge in [-0.3, -0.25) is 10.2 Å². The molecule has 5 nitrogen and oxygen atoms in total. The Bertz CT molecular complexity index is 1310. The van der Waals surface area contributed by atoms with Crippen molar-refractivity contribution in [3.63, 3.8) is 0 Å². The third-order valence-corrected chi connectivity index (χ3v) is 15.5. The minimum atomic E-state index is -0.499. The van der Waals surface area contributed by atoms with E-state index < -0.39 is 11.4 Å². The second kappa shape index (κ2) is 10.5. The van der Waals surface area contributed by atoms with Gasteiger partial charge in [0.25, 0.3) is 0 Å². The lowest BCUT2D eigenvalue weighted by molar-refractivity contribution is -0.232. The van der Waals surface area contributed by atoms with Crippen molar-refractivity contribution in [1.29, 1.82) is 0 Å². The molecule has 9 atom stereocenters. The second-order valence-corrected chi connectivity index (χ2v) is 17.8. The summed E-state index contributed by atoms with van der Waals surface area (Å²) < 4.78 is 6.60. The normalized spacial score (nSPS) is 44.2. The number of hydrazone groups is 1. The van der Waals surface area contributed by atoms with Gasteiger partial charge in [0.15, 0.2) is 0 Å². The van der Waals surface area contributed by atoms with Gasteiger partial charge in [-0.05, 0) is 134 Å². The minimum Gasteiger partial charge on any atom is -0.494 e. The molecule has 6 rings (SSSR count). The maximum atomic E-state index is 13.0. The zero-order valence-corrected chi connectivity index (χ0v) is 29.4. The third kappa shape index (κ3) is 4.33. The number of nitrogens with one attached hydrogen (secondary N) is 1. The minimum absolute atomic E-state index is 0.000892. The molecular formula is C37H55BrN2O3. The zero-order valence-electron chi connectivity index (χ0n) is 27.9. The second-order valence-electron chi connectivity index (χ2n) is 16.8. The van der Waals surface area contributed by atoms with E-state index in [0.29, 0.717) is 35.5 Å². The van der Waals surface area contributed by atoms with Crippen LogP contribution in [0.25, 0.3) is 0 Å². The molecule has 0 aromatic heterocycles. The largest absolute Gasteiger partial charge is 0.494 e. The number of rotatable bonds is 5. The van der Waals surface area contributed by atoms with Crippen LogP contribution in [0.2, 0.25) is 0 Å². The first-order valence-electron chi connectivity index (χ1n) is 17.1. The average molecular weight is 656 g/mol. The van der Waals surface area contributed by atoms with Crippen molar-refractivity contribution >= 4 is 33.3 Å². The maximum absolute atomic E-state index is 13.0. The summed E-state index contributed by atoms with van der Waals surface area (Å²) >= 11 is 3.55. The van der Waals surface area contributed by atoms with Crippen molar-refractivity contribution in [2.45, 2.75) is 113 Å². The molecule has 0 bridgehead atoms. The highest BCUT2D eigenvalue weighted by molar-refractivity contribution is 9.10. The number of benzene rings is 1. The molecule has 0 saturated heterocycles. The summed E-state index contributed by atoms with van der Waals surface area (Å²) in [4.78, 5) is 13.0. The molecular weight excluding hydrogens is 600 g/mol. The molecule has 1 aromatic carbocycles. The first kappa shape index (κ1) is 31.4. The molecule has 5 aliphatic rings. The third-order valence-electron chi connectivity index (χ3n) is 15.0. The fourth-order valence-corrected chi connectivity index (χ4v) is 13.0. The lowest BCUT2D eigenvalue weighted by Gasteiger charge is -2.72. The first-order valence-corrected chi connectivity index (χ1v) is 17.8. The SMILES string of the molecule is COc1cc(Br)ccc1N/N=C1\CC[C@]2(C)[C@H]3CCC4[C@H]5[C@H](C(C)C)CCC5(C(=O)O)CC[C@@]4(C)[C@]3(C)CC[C@H]2C1(C)C. The highest BCUT2D eigenvalue weighted by atomic mass is 79.9. The van der Waals surface area contributed by atoms with E-state index in [1.54, 1.807) is 7.11 Å². The number of hydrogen-bond donors (Lipinski definition) is 2. The van der Waals surface area contributed by atoms with Crippen LogP contribution in [0.3, 0.4) is 0 Å². The fourth-order valence-electron chi connectivity index (χ4n) is 12.7. The molecule has 6 heteroatoms. The van der Waals surface area contributed by atoms with Gasteiger partial charge in [-0.15, -0.1) is 0 Å².